The van der Waals surface area contributed by atoms with Crippen molar-refractivity contribution in [1.29, 1.82) is 0 Å². The third-order valence-corrected chi connectivity index (χ3v) is 8.91. The number of pyridine rings is 1. The van der Waals surface area contributed by atoms with Crippen LogP contribution in [0.1, 0.15) is 42.7 Å². The van der Waals surface area contributed by atoms with E-state index in [2.05, 4.69) is 20.8 Å². The minimum absolute atomic E-state index is 0.121. The molecule has 0 saturated heterocycles. The van der Waals surface area contributed by atoms with Crippen molar-refractivity contribution in [2.45, 2.75) is 51.0 Å². The van der Waals surface area contributed by atoms with Crippen molar-refractivity contribution in [3.63, 3.8) is 0 Å². The SMILES string of the molecule is CC(C)[C@H](NC(=O)c1ccc2ccccc2n1)C1=NOC(COc2ccccc2)(C(=O)N[C@@H](CC(=O)O)C(=O)COCc2c(Cl)cccc2Cl)C1. The van der Waals surface area contributed by atoms with Crippen LogP contribution in [0.15, 0.2) is 90.1 Å². The van der Waals surface area contributed by atoms with E-state index in [1.165, 1.54) is 0 Å². The average molecular weight is 736 g/mol. The normalized spacial score (nSPS) is 16.5. The van der Waals surface area contributed by atoms with Crippen molar-refractivity contribution < 1.29 is 38.6 Å². The van der Waals surface area contributed by atoms with Gasteiger partial charge in [0.05, 0.1) is 30.3 Å². The molecule has 51 heavy (non-hydrogen) atoms. The van der Waals surface area contributed by atoms with Crippen LogP contribution in [0.4, 0.5) is 0 Å². The molecule has 266 valence electrons. The van der Waals surface area contributed by atoms with Gasteiger partial charge in [0.1, 0.15) is 30.7 Å². The second kappa shape index (κ2) is 16.8. The van der Waals surface area contributed by atoms with Crippen molar-refractivity contribution >= 4 is 63.4 Å². The van der Waals surface area contributed by atoms with E-state index in [1.807, 2.05) is 38.1 Å². The molecule has 3 aromatic carbocycles. The van der Waals surface area contributed by atoms with Gasteiger partial charge >= 0.3 is 5.97 Å². The number of carboxylic acids is 1. The fourth-order valence-corrected chi connectivity index (χ4v) is 5.93. The Morgan fingerprint density at radius 3 is 2.33 bits per heavy atom. The predicted octanol–water partition coefficient (Wildman–Crippen LogP) is 5.64. The molecule has 3 N–H and O–H groups in total. The van der Waals surface area contributed by atoms with Crippen LogP contribution in [0.3, 0.4) is 0 Å². The number of nitrogens with zero attached hydrogens (tertiary/aromatic N) is 2. The molecule has 2 amide bonds. The van der Waals surface area contributed by atoms with Crippen molar-refractivity contribution in [2.75, 3.05) is 13.2 Å². The summed E-state index contributed by atoms with van der Waals surface area (Å²) in [7, 11) is 0. The van der Waals surface area contributed by atoms with Crippen LogP contribution >= 0.6 is 23.2 Å². The number of rotatable bonds is 16. The lowest BCUT2D eigenvalue weighted by Crippen LogP contribution is -2.57. The van der Waals surface area contributed by atoms with Gasteiger partial charge in [0.2, 0.25) is 0 Å². The zero-order valence-corrected chi connectivity index (χ0v) is 29.3. The van der Waals surface area contributed by atoms with Gasteiger partial charge in [0.25, 0.3) is 17.4 Å². The van der Waals surface area contributed by atoms with E-state index in [0.717, 1.165) is 5.39 Å². The van der Waals surface area contributed by atoms with E-state index in [-0.39, 0.29) is 31.2 Å². The predicted molar refractivity (Wildman–Crippen MR) is 191 cm³/mol. The highest BCUT2D eigenvalue weighted by atomic mass is 35.5. The maximum absolute atomic E-state index is 14.1. The number of aliphatic carboxylic acids is 1. The second-order valence-corrected chi connectivity index (χ2v) is 13.1. The van der Waals surface area contributed by atoms with Gasteiger partial charge in [-0.2, -0.15) is 0 Å². The van der Waals surface area contributed by atoms with Crippen molar-refractivity contribution in [3.8, 4) is 5.75 Å². The number of hydrogen-bond donors (Lipinski definition) is 3. The molecule has 1 aliphatic rings. The fraction of sp³-hybridized carbons (Fsp3) is 0.297. The van der Waals surface area contributed by atoms with Gasteiger partial charge < -0.3 is 30.1 Å². The molecular weight excluding hydrogens is 699 g/mol. The number of nitrogens with one attached hydrogen (secondary N) is 2. The monoisotopic (exact) mass is 734 g/mol. The highest BCUT2D eigenvalue weighted by Crippen LogP contribution is 2.30. The summed E-state index contributed by atoms with van der Waals surface area (Å²) in [6.07, 6.45) is -0.872. The van der Waals surface area contributed by atoms with E-state index < -0.39 is 54.3 Å². The van der Waals surface area contributed by atoms with E-state index in [1.54, 1.807) is 60.7 Å². The number of fused-ring (bicyclic) bond motifs is 1. The van der Waals surface area contributed by atoms with Crippen LogP contribution < -0.4 is 15.4 Å². The highest BCUT2D eigenvalue weighted by molar-refractivity contribution is 6.35. The highest BCUT2D eigenvalue weighted by Gasteiger charge is 2.50. The molecule has 1 unspecified atom stereocenters. The maximum atomic E-state index is 14.1. The van der Waals surface area contributed by atoms with Crippen LogP contribution in [0, 0.1) is 5.92 Å². The largest absolute Gasteiger partial charge is 0.489 e. The number of Topliss-reactive ketones (excluding diaryl/α,β-unsaturated/α-hetero) is 1. The Balaban J connectivity index is 1.33. The first kappa shape index (κ1) is 37.2. The number of para-hydroxylation sites is 2. The van der Waals surface area contributed by atoms with Gasteiger partial charge in [-0.15, -0.1) is 0 Å². The zero-order chi connectivity index (χ0) is 36.5. The Kier molecular flexibility index (Phi) is 12.2. The summed E-state index contributed by atoms with van der Waals surface area (Å²) in [5.74, 6) is -3.09. The molecule has 5 rings (SSSR count). The summed E-state index contributed by atoms with van der Waals surface area (Å²) < 4.78 is 11.5. The van der Waals surface area contributed by atoms with E-state index in [4.69, 9.17) is 37.5 Å². The first-order chi connectivity index (χ1) is 24.5. The molecule has 0 bridgehead atoms. The van der Waals surface area contributed by atoms with Gasteiger partial charge in [0, 0.05) is 27.4 Å². The van der Waals surface area contributed by atoms with Crippen LogP contribution in [-0.2, 0) is 30.6 Å². The molecule has 3 atom stereocenters. The molecule has 1 aromatic heterocycles. The van der Waals surface area contributed by atoms with Crippen molar-refractivity contribution in [2.24, 2.45) is 11.1 Å². The number of carbonyl (C=O) groups excluding carboxylic acids is 3. The van der Waals surface area contributed by atoms with Crippen molar-refractivity contribution in [1.82, 2.24) is 15.6 Å². The molecule has 4 aromatic rings. The summed E-state index contributed by atoms with van der Waals surface area (Å²) >= 11 is 12.4. The summed E-state index contributed by atoms with van der Waals surface area (Å²) in [5.41, 5.74) is -0.175. The van der Waals surface area contributed by atoms with Crippen LogP contribution in [0.5, 0.6) is 5.75 Å². The lowest BCUT2D eigenvalue weighted by atomic mass is 9.89. The second-order valence-electron chi connectivity index (χ2n) is 12.3. The van der Waals surface area contributed by atoms with Crippen LogP contribution in [0.2, 0.25) is 10.0 Å². The zero-order valence-electron chi connectivity index (χ0n) is 27.8. The number of amides is 2. The van der Waals surface area contributed by atoms with Gasteiger partial charge in [-0.05, 0) is 42.3 Å². The van der Waals surface area contributed by atoms with Crippen molar-refractivity contribution in [3.05, 3.63) is 106 Å². The molecule has 2 heterocycles. The van der Waals surface area contributed by atoms with Gasteiger partial charge in [0.15, 0.2) is 5.78 Å². The Hall–Kier alpha value is -5.04. The number of carboxylic acid groups (broad SMARTS) is 1. The van der Waals surface area contributed by atoms with Gasteiger partial charge in [-0.3, -0.25) is 19.2 Å². The van der Waals surface area contributed by atoms with E-state index in [9.17, 15) is 24.3 Å². The molecule has 0 radical (unpaired) electrons. The average Bonchev–Trinajstić information content (AvgIpc) is 3.55. The molecule has 0 aliphatic carbocycles. The molecule has 0 saturated carbocycles. The standard InChI is InChI=1S/C37H36Cl2N4O8/c1-22(2)34(42-35(47)29-16-15-23-9-6-7-14-28(23)40-29)31-18-37(51-43-31,21-50-24-10-4-3-5-11-24)36(48)41-30(17-33(45)46)32(44)20-49-19-25-26(38)12-8-13-27(25)39/h3-16,22,30,34H,17-21H2,1-2H3,(H,41,48)(H,42,47)(H,45,46)/t30-,34-,37?/m0/s1. The molecule has 14 heteroatoms. The minimum atomic E-state index is -1.83. The molecule has 12 nitrogen and oxygen atoms in total. The number of carbonyl (C=O) groups is 4. The number of ketones is 1. The summed E-state index contributed by atoms with van der Waals surface area (Å²) in [4.78, 5) is 62.8. The van der Waals surface area contributed by atoms with Crippen LogP contribution in [0.25, 0.3) is 10.9 Å². The molecule has 0 spiro atoms. The Labute approximate surface area is 304 Å². The summed E-state index contributed by atoms with van der Waals surface area (Å²) in [6.45, 7) is 2.74. The quantitative estimate of drug-likeness (QED) is 0.132. The van der Waals surface area contributed by atoms with E-state index in [0.29, 0.717) is 32.6 Å². The number of benzene rings is 3. The van der Waals surface area contributed by atoms with E-state index >= 15 is 0 Å². The number of halogens is 2. The third-order valence-electron chi connectivity index (χ3n) is 8.20. The fourth-order valence-electron chi connectivity index (χ4n) is 5.43. The lowest BCUT2D eigenvalue weighted by molar-refractivity contribution is -0.151. The van der Waals surface area contributed by atoms with Crippen LogP contribution in [-0.4, -0.2) is 70.3 Å². The maximum Gasteiger partial charge on any atom is 0.305 e. The summed E-state index contributed by atoms with van der Waals surface area (Å²) in [6, 6.07) is 22.3. The third kappa shape index (κ3) is 9.40. The Bertz CT molecular complexity index is 1920. The Morgan fingerprint density at radius 1 is 0.922 bits per heavy atom. The van der Waals surface area contributed by atoms with Gasteiger partial charge in [-0.25, -0.2) is 4.98 Å². The lowest BCUT2D eigenvalue weighted by Gasteiger charge is -2.28. The number of aromatic nitrogens is 1. The smallest absolute Gasteiger partial charge is 0.305 e. The number of hydrogen-bond acceptors (Lipinski definition) is 9. The number of ether oxygens (including phenoxy) is 2. The summed E-state index contributed by atoms with van der Waals surface area (Å²) in [5, 5.41) is 20.9. The molecular formula is C37H36Cl2N4O8. The number of oxime groups is 1. The topological polar surface area (TPSA) is 166 Å². The molecule has 1 aliphatic heterocycles. The first-order valence-electron chi connectivity index (χ1n) is 16.1. The minimum Gasteiger partial charge on any atom is -0.489 e. The first-order valence-corrected chi connectivity index (χ1v) is 16.9. The molecule has 0 fully saturated rings. The van der Waals surface area contributed by atoms with Gasteiger partial charge in [-0.1, -0.05) is 90.7 Å². The Morgan fingerprint density at radius 2 is 1.63 bits per heavy atom.